The van der Waals surface area contributed by atoms with Crippen molar-refractivity contribution in [1.82, 2.24) is 0 Å². The van der Waals surface area contributed by atoms with Crippen molar-refractivity contribution in [2.24, 2.45) is 0 Å². The van der Waals surface area contributed by atoms with Gasteiger partial charge in [-0.05, 0) is 12.5 Å². The van der Waals surface area contributed by atoms with E-state index in [1.807, 2.05) is 6.92 Å². The molecular formula is C7H14O2S. The van der Waals surface area contributed by atoms with Crippen LogP contribution in [0.15, 0.2) is 11.5 Å². The Morgan fingerprint density at radius 2 is 2.30 bits per heavy atom. The normalized spacial score (nSPS) is 17.5. The Bertz CT molecular complexity index is 132. The van der Waals surface area contributed by atoms with Gasteiger partial charge in [0.1, 0.15) is 0 Å². The Kier molecular flexibility index (Phi) is 5.54. The number of hydrogen-bond donors (Lipinski definition) is 1. The second kappa shape index (κ2) is 5.62. The second-order valence-corrected chi connectivity index (χ2v) is 3.45. The van der Waals surface area contributed by atoms with Crippen molar-refractivity contribution in [3.05, 3.63) is 11.5 Å². The summed E-state index contributed by atoms with van der Waals surface area (Å²) in [4.78, 5) is 0. The van der Waals surface area contributed by atoms with Gasteiger partial charge >= 0.3 is 0 Å². The quantitative estimate of drug-likeness (QED) is 0.670. The van der Waals surface area contributed by atoms with E-state index in [-0.39, 0.29) is 0 Å². The van der Waals surface area contributed by atoms with Gasteiger partial charge in [-0.2, -0.15) is 0 Å². The summed E-state index contributed by atoms with van der Waals surface area (Å²) >= 11 is 0. The predicted molar refractivity (Wildman–Crippen MR) is 44.1 cm³/mol. The van der Waals surface area contributed by atoms with Gasteiger partial charge in [-0.15, -0.1) is 0 Å². The van der Waals surface area contributed by atoms with E-state index in [4.69, 9.17) is 5.11 Å². The van der Waals surface area contributed by atoms with E-state index in [9.17, 15) is 4.21 Å². The van der Waals surface area contributed by atoms with Crippen LogP contribution in [0.25, 0.3) is 0 Å². The first kappa shape index (κ1) is 9.85. The molecule has 10 heavy (non-hydrogen) atoms. The van der Waals surface area contributed by atoms with Gasteiger partial charge in [0.2, 0.25) is 0 Å². The highest BCUT2D eigenvalue weighted by Gasteiger charge is 1.94. The first-order chi connectivity index (χ1) is 4.66. The first-order valence-corrected chi connectivity index (χ1v) is 4.97. The molecule has 0 aromatic carbocycles. The largest absolute Gasteiger partial charge is 0.389 e. The van der Waals surface area contributed by atoms with E-state index < -0.39 is 16.9 Å². The summed E-state index contributed by atoms with van der Waals surface area (Å²) in [6.45, 7) is 2.00. The van der Waals surface area contributed by atoms with Crippen molar-refractivity contribution >= 4 is 10.8 Å². The molecule has 60 valence electrons. The summed E-state index contributed by atoms with van der Waals surface area (Å²) < 4.78 is 10.5. The Balaban J connectivity index is 3.55. The molecule has 0 fully saturated rings. The Hall–Kier alpha value is -0.150. The molecule has 0 amide bonds. The molecule has 0 rings (SSSR count). The average molecular weight is 162 g/mol. The summed E-state index contributed by atoms with van der Waals surface area (Å²) in [5.74, 6) is 0. The third-order valence-corrected chi connectivity index (χ3v) is 1.62. The van der Waals surface area contributed by atoms with Gasteiger partial charge in [0.15, 0.2) is 0 Å². The number of rotatable bonds is 4. The van der Waals surface area contributed by atoms with Gasteiger partial charge in [0.05, 0.1) is 6.10 Å². The summed E-state index contributed by atoms with van der Waals surface area (Å²) in [5, 5.41) is 10.6. The van der Waals surface area contributed by atoms with Gasteiger partial charge in [0.25, 0.3) is 0 Å². The fourth-order valence-corrected chi connectivity index (χ4v) is 0.996. The average Bonchev–Trinajstić information content (AvgIpc) is 1.85. The molecule has 3 heteroatoms. The van der Waals surface area contributed by atoms with Crippen LogP contribution in [0.1, 0.15) is 19.8 Å². The fourth-order valence-electron chi connectivity index (χ4n) is 0.593. The van der Waals surface area contributed by atoms with Crippen LogP contribution < -0.4 is 0 Å². The molecule has 0 radical (unpaired) electrons. The maximum Gasteiger partial charge on any atom is 0.0729 e. The first-order valence-electron chi connectivity index (χ1n) is 3.35. The Morgan fingerprint density at radius 3 is 2.70 bits per heavy atom. The molecule has 0 bridgehead atoms. The third kappa shape index (κ3) is 5.98. The monoisotopic (exact) mass is 162 g/mol. The molecule has 0 aromatic rings. The summed E-state index contributed by atoms with van der Waals surface area (Å²) in [7, 11) is -0.930. The number of hydrogen-bond acceptors (Lipinski definition) is 2. The maximum atomic E-state index is 10.5. The van der Waals surface area contributed by atoms with Gasteiger partial charge in [-0.1, -0.05) is 13.3 Å². The lowest BCUT2D eigenvalue weighted by atomic mass is 10.2. The fraction of sp³-hybridized carbons (Fsp3) is 0.714. The Morgan fingerprint density at radius 1 is 1.70 bits per heavy atom. The van der Waals surface area contributed by atoms with Crippen molar-refractivity contribution in [1.29, 1.82) is 0 Å². The molecule has 0 saturated heterocycles. The van der Waals surface area contributed by atoms with Crippen LogP contribution >= 0.6 is 0 Å². The molecule has 2 atom stereocenters. The van der Waals surface area contributed by atoms with Crippen LogP contribution in [0.5, 0.6) is 0 Å². The van der Waals surface area contributed by atoms with Crippen LogP contribution in [-0.2, 0) is 10.8 Å². The van der Waals surface area contributed by atoms with Crippen LogP contribution in [0.3, 0.4) is 0 Å². The van der Waals surface area contributed by atoms with Crippen LogP contribution in [0.4, 0.5) is 0 Å². The molecule has 0 aliphatic heterocycles. The van der Waals surface area contributed by atoms with Crippen molar-refractivity contribution < 1.29 is 9.32 Å². The third-order valence-electron chi connectivity index (χ3n) is 1.08. The standard InChI is InChI=1S/C7H14O2S/c1-3-4-7(8)5-6-10(2)9/h5-8H,3-4H2,1-2H3/b6-5+/t7-,10?/m0/s1. The molecule has 0 heterocycles. The Labute approximate surface area is 64.4 Å². The topological polar surface area (TPSA) is 37.3 Å². The van der Waals surface area contributed by atoms with E-state index in [2.05, 4.69) is 0 Å². The lowest BCUT2D eigenvalue weighted by Gasteiger charge is -1.99. The van der Waals surface area contributed by atoms with E-state index in [0.29, 0.717) is 0 Å². The zero-order valence-electron chi connectivity index (χ0n) is 6.41. The predicted octanol–water partition coefficient (Wildman–Crippen LogP) is 1.04. The molecule has 1 N–H and O–H groups in total. The second-order valence-electron chi connectivity index (χ2n) is 2.18. The highest BCUT2D eigenvalue weighted by atomic mass is 32.2. The van der Waals surface area contributed by atoms with E-state index in [1.54, 1.807) is 12.3 Å². The molecular weight excluding hydrogens is 148 g/mol. The number of aliphatic hydroxyl groups excluding tert-OH is 1. The minimum Gasteiger partial charge on any atom is -0.389 e. The molecule has 0 aromatic heterocycles. The van der Waals surface area contributed by atoms with E-state index >= 15 is 0 Å². The van der Waals surface area contributed by atoms with Gasteiger partial charge in [-0.25, -0.2) is 0 Å². The van der Waals surface area contributed by atoms with Crippen molar-refractivity contribution in [3.63, 3.8) is 0 Å². The van der Waals surface area contributed by atoms with Crippen LogP contribution in [-0.4, -0.2) is 21.7 Å². The molecule has 1 unspecified atom stereocenters. The zero-order valence-corrected chi connectivity index (χ0v) is 7.23. The van der Waals surface area contributed by atoms with Crippen molar-refractivity contribution in [2.45, 2.75) is 25.9 Å². The van der Waals surface area contributed by atoms with Crippen molar-refractivity contribution in [3.8, 4) is 0 Å². The van der Waals surface area contributed by atoms with Gasteiger partial charge in [-0.3, -0.25) is 4.21 Å². The molecule has 0 aliphatic carbocycles. The van der Waals surface area contributed by atoms with Crippen LogP contribution in [0.2, 0.25) is 0 Å². The molecule has 2 nitrogen and oxygen atoms in total. The van der Waals surface area contributed by atoms with Gasteiger partial charge < -0.3 is 5.11 Å². The SMILES string of the molecule is CCC[C@H](O)/C=C/S(C)=O. The van der Waals surface area contributed by atoms with E-state index in [0.717, 1.165) is 12.8 Å². The lowest BCUT2D eigenvalue weighted by Crippen LogP contribution is -2.00. The van der Waals surface area contributed by atoms with Gasteiger partial charge in [0, 0.05) is 22.5 Å². The summed E-state index contributed by atoms with van der Waals surface area (Å²) in [6.07, 6.45) is 4.43. The van der Waals surface area contributed by atoms with E-state index in [1.165, 1.54) is 5.41 Å². The van der Waals surface area contributed by atoms with Crippen LogP contribution in [0, 0.1) is 0 Å². The summed E-state index contributed by atoms with van der Waals surface area (Å²) in [6, 6.07) is 0. The highest BCUT2D eigenvalue weighted by molar-refractivity contribution is 7.87. The molecule has 0 spiro atoms. The highest BCUT2D eigenvalue weighted by Crippen LogP contribution is 1.97. The smallest absolute Gasteiger partial charge is 0.0729 e. The lowest BCUT2D eigenvalue weighted by molar-refractivity contribution is 0.212. The molecule has 0 aliphatic rings. The molecule has 0 saturated carbocycles. The number of aliphatic hydroxyl groups is 1. The zero-order chi connectivity index (χ0) is 7.98. The van der Waals surface area contributed by atoms with Crippen molar-refractivity contribution in [2.75, 3.05) is 6.26 Å². The summed E-state index contributed by atoms with van der Waals surface area (Å²) in [5.41, 5.74) is 0. The maximum absolute atomic E-state index is 10.5. The minimum absolute atomic E-state index is 0.422. The minimum atomic E-state index is -0.930.